The monoisotopic (exact) mass is 486 g/mol. The number of amides is 1. The summed E-state index contributed by atoms with van der Waals surface area (Å²) in [4.78, 5) is 12.5. The molecular weight excluding hydrogens is 456 g/mol. The maximum absolute atomic E-state index is 12.5. The van der Waals surface area contributed by atoms with E-state index in [9.17, 15) is 4.79 Å². The molecule has 0 saturated heterocycles. The maximum atomic E-state index is 12.5. The molecule has 1 N–H and O–H groups in total. The van der Waals surface area contributed by atoms with Gasteiger partial charge in [-0.2, -0.15) is 0 Å². The van der Waals surface area contributed by atoms with E-state index in [1.165, 1.54) is 17.3 Å². The number of hydrogen-bond donors (Lipinski definition) is 1. The van der Waals surface area contributed by atoms with Crippen molar-refractivity contribution < 1.29 is 9.53 Å². The molecule has 1 amide bonds. The molecule has 7 heteroatoms. The van der Waals surface area contributed by atoms with Crippen molar-refractivity contribution in [2.75, 3.05) is 11.1 Å². The van der Waals surface area contributed by atoms with Gasteiger partial charge in [0, 0.05) is 17.8 Å². The predicted molar refractivity (Wildman–Crippen MR) is 142 cm³/mol. The Hall–Kier alpha value is -3.58. The van der Waals surface area contributed by atoms with Crippen LogP contribution in [0.4, 0.5) is 5.69 Å². The van der Waals surface area contributed by atoms with Gasteiger partial charge in [-0.25, -0.2) is 0 Å². The zero-order valence-corrected chi connectivity index (χ0v) is 21.3. The van der Waals surface area contributed by atoms with Crippen LogP contribution in [0.3, 0.4) is 0 Å². The van der Waals surface area contributed by atoms with E-state index in [1.807, 2.05) is 59.2 Å². The first-order valence-electron chi connectivity index (χ1n) is 11.6. The third-order valence-corrected chi connectivity index (χ3v) is 6.46. The molecule has 4 rings (SSSR count). The number of aromatic nitrogens is 3. The van der Waals surface area contributed by atoms with Gasteiger partial charge in [0.2, 0.25) is 5.91 Å². The van der Waals surface area contributed by atoms with Crippen LogP contribution in [0.2, 0.25) is 0 Å². The summed E-state index contributed by atoms with van der Waals surface area (Å²) < 4.78 is 7.84. The molecule has 1 aromatic heterocycles. The molecule has 3 aromatic carbocycles. The largest absolute Gasteiger partial charge is 0.457 e. The van der Waals surface area contributed by atoms with Crippen LogP contribution in [0.5, 0.6) is 11.5 Å². The molecule has 0 aliphatic rings. The molecule has 6 nitrogen and oxygen atoms in total. The number of anilines is 1. The number of hydrogen-bond acceptors (Lipinski definition) is 5. The summed E-state index contributed by atoms with van der Waals surface area (Å²) in [5.41, 5.74) is 3.10. The molecule has 0 atom stereocenters. The maximum Gasteiger partial charge on any atom is 0.234 e. The fraction of sp³-hybridized carbons (Fsp3) is 0.250. The second-order valence-electron chi connectivity index (χ2n) is 9.15. The van der Waals surface area contributed by atoms with Crippen LogP contribution in [-0.2, 0) is 16.8 Å². The van der Waals surface area contributed by atoms with Gasteiger partial charge in [-0.05, 0) is 54.3 Å². The summed E-state index contributed by atoms with van der Waals surface area (Å²) in [5, 5.41) is 12.4. The van der Waals surface area contributed by atoms with Gasteiger partial charge < -0.3 is 14.6 Å². The Morgan fingerprint density at radius 3 is 2.20 bits per heavy atom. The molecule has 0 radical (unpaired) electrons. The Morgan fingerprint density at radius 2 is 1.57 bits per heavy atom. The molecule has 4 aromatic rings. The first-order valence-corrected chi connectivity index (χ1v) is 12.6. The normalized spacial score (nSPS) is 11.3. The Labute approximate surface area is 210 Å². The van der Waals surface area contributed by atoms with E-state index in [4.69, 9.17) is 4.74 Å². The van der Waals surface area contributed by atoms with Crippen molar-refractivity contribution in [2.45, 2.75) is 44.8 Å². The van der Waals surface area contributed by atoms with E-state index in [0.717, 1.165) is 28.8 Å². The van der Waals surface area contributed by atoms with E-state index in [0.29, 0.717) is 11.4 Å². The molecule has 0 spiro atoms. The number of ether oxygens (including phenoxy) is 1. The van der Waals surface area contributed by atoms with Crippen molar-refractivity contribution in [2.24, 2.45) is 0 Å². The molecular formula is C28H30N4O2S. The highest BCUT2D eigenvalue weighted by Crippen LogP contribution is 2.28. The van der Waals surface area contributed by atoms with Gasteiger partial charge in [-0.3, -0.25) is 4.79 Å². The van der Waals surface area contributed by atoms with Crippen LogP contribution >= 0.6 is 11.8 Å². The zero-order valence-electron chi connectivity index (χ0n) is 20.5. The Kier molecular flexibility index (Phi) is 7.56. The first kappa shape index (κ1) is 24.5. The van der Waals surface area contributed by atoms with Gasteiger partial charge in [-0.15, -0.1) is 10.2 Å². The molecule has 0 bridgehead atoms. The number of nitrogens with zero attached hydrogens (tertiary/aromatic N) is 3. The molecule has 0 aliphatic carbocycles. The van der Waals surface area contributed by atoms with E-state index < -0.39 is 0 Å². The second-order valence-corrected chi connectivity index (χ2v) is 10.1. The summed E-state index contributed by atoms with van der Waals surface area (Å²) >= 11 is 1.38. The average molecular weight is 487 g/mol. The number of rotatable bonds is 8. The summed E-state index contributed by atoms with van der Waals surface area (Å²) in [6.07, 6.45) is 0. The second kappa shape index (κ2) is 10.8. The van der Waals surface area contributed by atoms with E-state index in [1.54, 1.807) is 0 Å². The number of benzene rings is 3. The van der Waals surface area contributed by atoms with E-state index in [-0.39, 0.29) is 17.1 Å². The molecule has 0 saturated carbocycles. The number of carbonyl (C=O) groups is 1. The SMILES string of the molecule is CCn1c(SCC(=O)Nc2ccc(Oc3ccccc3)cc2)nnc1-c1ccc(C(C)(C)C)cc1. The lowest BCUT2D eigenvalue weighted by atomic mass is 9.87. The summed E-state index contributed by atoms with van der Waals surface area (Å²) in [7, 11) is 0. The van der Waals surface area contributed by atoms with Crippen LogP contribution in [0.1, 0.15) is 33.3 Å². The Morgan fingerprint density at radius 1 is 0.914 bits per heavy atom. The van der Waals surface area contributed by atoms with E-state index in [2.05, 4.69) is 67.5 Å². The van der Waals surface area contributed by atoms with Crippen molar-refractivity contribution in [3.63, 3.8) is 0 Å². The lowest BCUT2D eigenvalue weighted by Crippen LogP contribution is -2.14. The average Bonchev–Trinajstić information content (AvgIpc) is 3.27. The van der Waals surface area contributed by atoms with Crippen molar-refractivity contribution in [3.05, 3.63) is 84.4 Å². The fourth-order valence-electron chi connectivity index (χ4n) is 3.57. The van der Waals surface area contributed by atoms with Gasteiger partial charge in [-0.1, -0.05) is 75.0 Å². The molecule has 0 aliphatic heterocycles. The molecule has 0 unspecified atom stereocenters. The highest BCUT2D eigenvalue weighted by molar-refractivity contribution is 7.99. The standard InChI is InChI=1S/C28H30N4O2S/c1-5-32-26(20-11-13-21(14-12-20)28(2,3)4)30-31-27(32)35-19-25(33)29-22-15-17-24(18-16-22)34-23-9-7-6-8-10-23/h6-18H,5,19H2,1-4H3,(H,29,33). The lowest BCUT2D eigenvalue weighted by molar-refractivity contribution is -0.113. The molecule has 0 fully saturated rings. The molecule has 35 heavy (non-hydrogen) atoms. The first-order chi connectivity index (χ1) is 16.8. The fourth-order valence-corrected chi connectivity index (χ4v) is 4.37. The van der Waals surface area contributed by atoms with Crippen molar-refractivity contribution in [1.29, 1.82) is 0 Å². The van der Waals surface area contributed by atoms with Gasteiger partial charge in [0.25, 0.3) is 0 Å². The zero-order chi connectivity index (χ0) is 24.8. The molecule has 1 heterocycles. The van der Waals surface area contributed by atoms with Gasteiger partial charge in [0.1, 0.15) is 11.5 Å². The van der Waals surface area contributed by atoms with Gasteiger partial charge >= 0.3 is 0 Å². The van der Waals surface area contributed by atoms with Crippen molar-refractivity contribution in [3.8, 4) is 22.9 Å². The minimum Gasteiger partial charge on any atom is -0.457 e. The minimum absolute atomic E-state index is 0.0978. The lowest BCUT2D eigenvalue weighted by Gasteiger charge is -2.19. The van der Waals surface area contributed by atoms with Crippen LogP contribution in [0.15, 0.2) is 84.0 Å². The Bertz CT molecular complexity index is 1260. The number of carbonyl (C=O) groups excluding carboxylic acids is 1. The highest BCUT2D eigenvalue weighted by atomic mass is 32.2. The van der Waals surface area contributed by atoms with Crippen LogP contribution in [0, 0.1) is 0 Å². The van der Waals surface area contributed by atoms with Gasteiger partial charge in [0.15, 0.2) is 11.0 Å². The van der Waals surface area contributed by atoms with E-state index >= 15 is 0 Å². The van der Waals surface area contributed by atoms with Crippen LogP contribution in [0.25, 0.3) is 11.4 Å². The van der Waals surface area contributed by atoms with Crippen LogP contribution in [-0.4, -0.2) is 26.4 Å². The predicted octanol–water partition coefficient (Wildman–Crippen LogP) is 6.79. The Balaban J connectivity index is 1.35. The quantitative estimate of drug-likeness (QED) is 0.278. The summed E-state index contributed by atoms with van der Waals surface area (Å²) in [6.45, 7) is 9.37. The molecule has 180 valence electrons. The number of nitrogens with one attached hydrogen (secondary N) is 1. The number of thioether (sulfide) groups is 1. The topological polar surface area (TPSA) is 69.0 Å². The third-order valence-electron chi connectivity index (χ3n) is 5.49. The minimum atomic E-state index is -0.103. The third kappa shape index (κ3) is 6.31. The van der Waals surface area contributed by atoms with Gasteiger partial charge in [0.05, 0.1) is 5.75 Å². The van der Waals surface area contributed by atoms with Crippen molar-refractivity contribution >= 4 is 23.4 Å². The summed E-state index contributed by atoms with van der Waals surface area (Å²) in [6, 6.07) is 25.4. The van der Waals surface area contributed by atoms with Crippen molar-refractivity contribution in [1.82, 2.24) is 14.8 Å². The number of para-hydroxylation sites is 1. The van der Waals surface area contributed by atoms with Crippen LogP contribution < -0.4 is 10.1 Å². The summed E-state index contributed by atoms with van der Waals surface area (Å²) in [5.74, 6) is 2.43. The smallest absolute Gasteiger partial charge is 0.234 e. The highest BCUT2D eigenvalue weighted by Gasteiger charge is 2.17.